The van der Waals surface area contributed by atoms with Gasteiger partial charge < -0.3 is 9.84 Å². The SMILES string of the molecule is CCOC(C(=O)O)c1cccc(C2CC2)c1. The smallest absolute Gasteiger partial charge is 0.337 e. The molecule has 16 heavy (non-hydrogen) atoms. The summed E-state index contributed by atoms with van der Waals surface area (Å²) in [5.74, 6) is -0.286. The fraction of sp³-hybridized carbons (Fsp3) is 0.462. The van der Waals surface area contributed by atoms with E-state index in [4.69, 9.17) is 9.84 Å². The van der Waals surface area contributed by atoms with E-state index >= 15 is 0 Å². The molecule has 0 radical (unpaired) electrons. The molecule has 1 atom stereocenters. The summed E-state index contributed by atoms with van der Waals surface area (Å²) in [6.07, 6.45) is 1.61. The highest BCUT2D eigenvalue weighted by atomic mass is 16.5. The molecular formula is C13H16O3. The first-order valence-electron chi connectivity index (χ1n) is 5.66. The van der Waals surface area contributed by atoms with Gasteiger partial charge in [-0.25, -0.2) is 4.79 Å². The number of carboxylic acid groups (broad SMARTS) is 1. The maximum Gasteiger partial charge on any atom is 0.337 e. The topological polar surface area (TPSA) is 46.5 Å². The van der Waals surface area contributed by atoms with Crippen LogP contribution in [0.4, 0.5) is 0 Å². The molecule has 86 valence electrons. The summed E-state index contributed by atoms with van der Waals surface area (Å²) in [5, 5.41) is 9.08. The van der Waals surface area contributed by atoms with Gasteiger partial charge in [-0.3, -0.25) is 0 Å². The zero-order valence-electron chi connectivity index (χ0n) is 9.35. The highest BCUT2D eigenvalue weighted by molar-refractivity contribution is 5.74. The molecule has 3 heteroatoms. The minimum atomic E-state index is -0.921. The average molecular weight is 220 g/mol. The number of benzene rings is 1. The van der Waals surface area contributed by atoms with Crippen molar-refractivity contribution in [1.29, 1.82) is 0 Å². The molecule has 0 heterocycles. The lowest BCUT2D eigenvalue weighted by molar-refractivity contribution is -0.150. The van der Waals surface area contributed by atoms with Crippen molar-refractivity contribution in [2.24, 2.45) is 0 Å². The highest BCUT2D eigenvalue weighted by Gasteiger charge is 2.26. The van der Waals surface area contributed by atoms with Gasteiger partial charge in [-0.15, -0.1) is 0 Å². The zero-order chi connectivity index (χ0) is 11.5. The number of rotatable bonds is 5. The predicted octanol–water partition coefficient (Wildman–Crippen LogP) is 2.73. The van der Waals surface area contributed by atoms with Crippen LogP contribution in [-0.4, -0.2) is 17.7 Å². The molecule has 0 aromatic heterocycles. The van der Waals surface area contributed by atoms with E-state index in [0.29, 0.717) is 12.5 Å². The van der Waals surface area contributed by atoms with E-state index in [2.05, 4.69) is 6.07 Å². The molecule has 0 bridgehead atoms. The van der Waals surface area contributed by atoms with E-state index in [-0.39, 0.29) is 0 Å². The molecule has 1 unspecified atom stereocenters. The zero-order valence-corrected chi connectivity index (χ0v) is 9.35. The van der Waals surface area contributed by atoms with E-state index in [9.17, 15) is 4.79 Å². The van der Waals surface area contributed by atoms with Crippen molar-refractivity contribution in [3.8, 4) is 0 Å². The molecular weight excluding hydrogens is 204 g/mol. The molecule has 1 aromatic rings. The maximum atomic E-state index is 11.1. The third-order valence-corrected chi connectivity index (χ3v) is 2.82. The third kappa shape index (κ3) is 2.42. The Hall–Kier alpha value is -1.35. The van der Waals surface area contributed by atoms with Gasteiger partial charge in [0.05, 0.1) is 0 Å². The van der Waals surface area contributed by atoms with Gasteiger partial charge in [0.15, 0.2) is 6.10 Å². The Balaban J connectivity index is 2.22. The highest BCUT2D eigenvalue weighted by Crippen LogP contribution is 2.40. The first-order chi connectivity index (χ1) is 7.72. The Morgan fingerprint density at radius 3 is 2.88 bits per heavy atom. The Morgan fingerprint density at radius 1 is 1.56 bits per heavy atom. The summed E-state index contributed by atoms with van der Waals surface area (Å²) in [6.45, 7) is 2.21. The normalized spacial score (nSPS) is 17.1. The summed E-state index contributed by atoms with van der Waals surface area (Å²) in [7, 11) is 0. The lowest BCUT2D eigenvalue weighted by atomic mass is 10.0. The second-order valence-corrected chi connectivity index (χ2v) is 4.12. The van der Waals surface area contributed by atoms with Crippen LogP contribution in [0.25, 0.3) is 0 Å². The number of hydrogen-bond donors (Lipinski definition) is 1. The van der Waals surface area contributed by atoms with Gasteiger partial charge in [0.25, 0.3) is 0 Å². The second-order valence-electron chi connectivity index (χ2n) is 4.12. The second kappa shape index (κ2) is 4.66. The summed E-state index contributed by atoms with van der Waals surface area (Å²) in [6, 6.07) is 7.76. The molecule has 0 saturated heterocycles. The number of hydrogen-bond acceptors (Lipinski definition) is 2. The van der Waals surface area contributed by atoms with Gasteiger partial charge in [-0.2, -0.15) is 0 Å². The summed E-state index contributed by atoms with van der Waals surface area (Å²) < 4.78 is 5.25. The fourth-order valence-corrected chi connectivity index (χ4v) is 1.87. The summed E-state index contributed by atoms with van der Waals surface area (Å²) >= 11 is 0. The summed E-state index contributed by atoms with van der Waals surface area (Å²) in [4.78, 5) is 11.1. The lowest BCUT2D eigenvalue weighted by Gasteiger charge is -2.13. The first-order valence-corrected chi connectivity index (χ1v) is 5.66. The van der Waals surface area contributed by atoms with Gasteiger partial charge in [0.2, 0.25) is 0 Å². The maximum absolute atomic E-state index is 11.1. The quantitative estimate of drug-likeness (QED) is 0.829. The Kier molecular flexibility index (Phi) is 3.25. The predicted molar refractivity (Wildman–Crippen MR) is 60.4 cm³/mol. The molecule has 1 saturated carbocycles. The number of aliphatic carboxylic acids is 1. The number of ether oxygens (including phenoxy) is 1. The minimum absolute atomic E-state index is 0.407. The fourth-order valence-electron chi connectivity index (χ4n) is 1.87. The van der Waals surface area contributed by atoms with E-state index in [1.807, 2.05) is 18.2 Å². The molecule has 2 rings (SSSR count). The van der Waals surface area contributed by atoms with E-state index in [1.165, 1.54) is 18.4 Å². The van der Waals surface area contributed by atoms with Crippen LogP contribution in [0.3, 0.4) is 0 Å². The van der Waals surface area contributed by atoms with Crippen molar-refractivity contribution in [2.45, 2.75) is 31.8 Å². The standard InChI is InChI=1S/C13H16O3/c1-2-16-12(13(14)15)11-5-3-4-10(8-11)9-6-7-9/h3-5,8-9,12H,2,6-7H2,1H3,(H,14,15). The van der Waals surface area contributed by atoms with E-state index < -0.39 is 12.1 Å². The van der Waals surface area contributed by atoms with Crippen LogP contribution in [0, 0.1) is 0 Å². The van der Waals surface area contributed by atoms with Crippen molar-refractivity contribution >= 4 is 5.97 Å². The molecule has 1 fully saturated rings. The Labute approximate surface area is 95.0 Å². The molecule has 1 N–H and O–H groups in total. The molecule has 0 aliphatic heterocycles. The van der Waals surface area contributed by atoms with Crippen molar-refractivity contribution in [2.75, 3.05) is 6.61 Å². The first kappa shape index (κ1) is 11.1. The van der Waals surface area contributed by atoms with Gasteiger partial charge in [-0.05, 0) is 36.8 Å². The lowest BCUT2D eigenvalue weighted by Crippen LogP contribution is -2.15. The van der Waals surface area contributed by atoms with Crippen LogP contribution in [0.15, 0.2) is 24.3 Å². The van der Waals surface area contributed by atoms with Crippen LogP contribution in [0.2, 0.25) is 0 Å². The van der Waals surface area contributed by atoms with Crippen molar-refractivity contribution in [3.63, 3.8) is 0 Å². The molecule has 0 spiro atoms. The third-order valence-electron chi connectivity index (χ3n) is 2.82. The van der Waals surface area contributed by atoms with Gasteiger partial charge in [-0.1, -0.05) is 24.3 Å². The number of carbonyl (C=O) groups is 1. The average Bonchev–Trinajstić information content (AvgIpc) is 3.09. The van der Waals surface area contributed by atoms with Crippen LogP contribution in [0.1, 0.15) is 42.9 Å². The largest absolute Gasteiger partial charge is 0.479 e. The van der Waals surface area contributed by atoms with Crippen LogP contribution < -0.4 is 0 Å². The van der Waals surface area contributed by atoms with Gasteiger partial charge in [0.1, 0.15) is 0 Å². The van der Waals surface area contributed by atoms with Gasteiger partial charge >= 0.3 is 5.97 Å². The van der Waals surface area contributed by atoms with Gasteiger partial charge in [0, 0.05) is 6.61 Å². The monoisotopic (exact) mass is 220 g/mol. The van der Waals surface area contributed by atoms with Crippen LogP contribution in [0.5, 0.6) is 0 Å². The van der Waals surface area contributed by atoms with E-state index in [0.717, 1.165) is 5.56 Å². The Bertz CT molecular complexity index is 383. The minimum Gasteiger partial charge on any atom is -0.479 e. The molecule has 3 nitrogen and oxygen atoms in total. The molecule has 1 aliphatic carbocycles. The molecule has 0 amide bonds. The Morgan fingerprint density at radius 2 is 2.31 bits per heavy atom. The van der Waals surface area contributed by atoms with Crippen molar-refractivity contribution in [3.05, 3.63) is 35.4 Å². The van der Waals surface area contributed by atoms with Crippen molar-refractivity contribution < 1.29 is 14.6 Å². The summed E-state index contributed by atoms with van der Waals surface area (Å²) in [5.41, 5.74) is 1.99. The van der Waals surface area contributed by atoms with E-state index in [1.54, 1.807) is 6.92 Å². The van der Waals surface area contributed by atoms with Crippen LogP contribution in [-0.2, 0) is 9.53 Å². The van der Waals surface area contributed by atoms with Crippen molar-refractivity contribution in [1.82, 2.24) is 0 Å². The molecule has 1 aromatic carbocycles. The number of carboxylic acids is 1. The van der Waals surface area contributed by atoms with Crippen LogP contribution >= 0.6 is 0 Å². The molecule has 1 aliphatic rings.